The molecule has 2 aromatic rings. The second-order valence-corrected chi connectivity index (χ2v) is 6.18. The molecule has 1 aromatic heterocycles. The fourth-order valence-electron chi connectivity index (χ4n) is 1.73. The third-order valence-electron chi connectivity index (χ3n) is 2.72. The molecule has 0 aliphatic rings. The Balaban J connectivity index is 2.08. The van der Waals surface area contributed by atoms with Gasteiger partial charge < -0.3 is 14.5 Å². The Hall–Kier alpha value is -2.16. The van der Waals surface area contributed by atoms with E-state index in [0.717, 1.165) is 0 Å². The summed E-state index contributed by atoms with van der Waals surface area (Å²) in [6, 6.07) is 9.30. The molecule has 0 bridgehead atoms. The predicted octanol–water partition coefficient (Wildman–Crippen LogP) is 1.34. The average molecular weight is 324 g/mol. The van der Waals surface area contributed by atoms with Crippen LogP contribution >= 0.6 is 0 Å². The number of rotatable bonds is 7. The van der Waals surface area contributed by atoms with Crippen molar-refractivity contribution in [2.24, 2.45) is 0 Å². The number of furan rings is 1. The number of sulfonamides is 1. The zero-order chi connectivity index (χ0) is 16.0. The van der Waals surface area contributed by atoms with Gasteiger partial charge in [0.05, 0.1) is 17.7 Å². The number of benzene rings is 1. The maximum atomic E-state index is 12.2. The first-order chi connectivity index (χ1) is 10.5. The summed E-state index contributed by atoms with van der Waals surface area (Å²) in [5, 5.41) is 2.55. The quantitative estimate of drug-likeness (QED) is 0.801. The zero-order valence-electron chi connectivity index (χ0n) is 11.9. The van der Waals surface area contributed by atoms with Gasteiger partial charge in [-0.3, -0.25) is 4.79 Å². The van der Waals surface area contributed by atoms with Crippen molar-refractivity contribution in [1.82, 2.24) is 4.72 Å². The maximum absolute atomic E-state index is 12.2. The number of hydrogen-bond donors (Lipinski definition) is 2. The SMILES string of the molecule is COCC(=O)Nc1cccc(S(=O)(=O)NCc2ccco2)c1. The molecule has 0 spiro atoms. The highest BCUT2D eigenvalue weighted by Gasteiger charge is 2.15. The zero-order valence-corrected chi connectivity index (χ0v) is 12.7. The monoisotopic (exact) mass is 324 g/mol. The number of amides is 1. The highest BCUT2D eigenvalue weighted by atomic mass is 32.2. The molecule has 8 heteroatoms. The molecule has 1 aromatic carbocycles. The summed E-state index contributed by atoms with van der Waals surface area (Å²) in [7, 11) is -2.30. The van der Waals surface area contributed by atoms with Gasteiger partial charge in [-0.25, -0.2) is 13.1 Å². The van der Waals surface area contributed by atoms with Gasteiger partial charge in [-0.2, -0.15) is 0 Å². The average Bonchev–Trinajstić information content (AvgIpc) is 2.99. The van der Waals surface area contributed by atoms with Crippen LogP contribution in [0.1, 0.15) is 5.76 Å². The van der Waals surface area contributed by atoms with Crippen molar-refractivity contribution in [2.75, 3.05) is 19.0 Å². The van der Waals surface area contributed by atoms with Crippen LogP contribution in [-0.2, 0) is 26.1 Å². The van der Waals surface area contributed by atoms with Gasteiger partial charge in [-0.15, -0.1) is 0 Å². The Bertz CT molecular complexity index is 725. The molecule has 0 atom stereocenters. The second kappa shape index (κ2) is 7.21. The first-order valence-electron chi connectivity index (χ1n) is 6.42. The molecule has 2 N–H and O–H groups in total. The molecule has 0 aliphatic heterocycles. The third-order valence-corrected chi connectivity index (χ3v) is 4.12. The largest absolute Gasteiger partial charge is 0.468 e. The summed E-state index contributed by atoms with van der Waals surface area (Å²) in [6.45, 7) is -0.0523. The van der Waals surface area contributed by atoms with E-state index < -0.39 is 10.0 Å². The van der Waals surface area contributed by atoms with E-state index >= 15 is 0 Å². The van der Waals surface area contributed by atoms with E-state index in [0.29, 0.717) is 11.4 Å². The summed E-state index contributed by atoms with van der Waals surface area (Å²) in [6.07, 6.45) is 1.47. The van der Waals surface area contributed by atoms with Crippen molar-refractivity contribution in [3.63, 3.8) is 0 Å². The van der Waals surface area contributed by atoms with Gasteiger partial charge in [0.25, 0.3) is 0 Å². The number of anilines is 1. The first kappa shape index (κ1) is 16.2. The fourth-order valence-corrected chi connectivity index (χ4v) is 2.77. The summed E-state index contributed by atoms with van der Waals surface area (Å²) in [5.41, 5.74) is 0.378. The van der Waals surface area contributed by atoms with Gasteiger partial charge in [0.15, 0.2) is 0 Å². The minimum Gasteiger partial charge on any atom is -0.468 e. The second-order valence-electron chi connectivity index (χ2n) is 4.41. The lowest BCUT2D eigenvalue weighted by atomic mass is 10.3. The van der Waals surface area contributed by atoms with Crippen molar-refractivity contribution in [2.45, 2.75) is 11.4 Å². The standard InChI is InChI=1S/C14H16N2O5S/c1-20-10-14(17)16-11-4-2-6-13(8-11)22(18,19)15-9-12-5-3-7-21-12/h2-8,15H,9-10H2,1H3,(H,16,17). The number of carbonyl (C=O) groups excluding carboxylic acids is 1. The van der Waals surface area contributed by atoms with Crippen LogP contribution in [0.2, 0.25) is 0 Å². The molecule has 0 saturated heterocycles. The normalized spacial score (nSPS) is 11.3. The molecule has 1 amide bonds. The summed E-state index contributed by atoms with van der Waals surface area (Å²) in [4.78, 5) is 11.5. The molecule has 7 nitrogen and oxygen atoms in total. The minimum absolute atomic E-state index is 0.0503. The fraction of sp³-hybridized carbons (Fsp3) is 0.214. The Kier molecular flexibility index (Phi) is 5.31. The van der Waals surface area contributed by atoms with Crippen molar-refractivity contribution < 1.29 is 22.4 Å². The minimum atomic E-state index is -3.70. The molecule has 0 radical (unpaired) electrons. The number of nitrogens with one attached hydrogen (secondary N) is 2. The van der Waals surface area contributed by atoms with Gasteiger partial charge in [0.2, 0.25) is 15.9 Å². The van der Waals surface area contributed by atoms with Crippen molar-refractivity contribution >= 4 is 21.6 Å². The van der Waals surface area contributed by atoms with E-state index in [4.69, 9.17) is 9.15 Å². The molecule has 22 heavy (non-hydrogen) atoms. The van der Waals surface area contributed by atoms with E-state index in [1.807, 2.05) is 0 Å². The molecule has 2 rings (SSSR count). The Morgan fingerprint density at radius 3 is 2.77 bits per heavy atom. The van der Waals surface area contributed by atoms with Gasteiger partial charge in [-0.1, -0.05) is 6.07 Å². The predicted molar refractivity (Wildman–Crippen MR) is 79.7 cm³/mol. The summed E-state index contributed by atoms with van der Waals surface area (Å²) >= 11 is 0. The number of methoxy groups -OCH3 is 1. The lowest BCUT2D eigenvalue weighted by molar-refractivity contribution is -0.119. The van der Waals surface area contributed by atoms with E-state index in [1.54, 1.807) is 24.3 Å². The van der Waals surface area contributed by atoms with Crippen LogP contribution in [0.3, 0.4) is 0 Å². The van der Waals surface area contributed by atoms with Crippen LogP contribution in [0, 0.1) is 0 Å². The van der Waals surface area contributed by atoms with E-state index in [2.05, 4.69) is 10.0 Å². The van der Waals surface area contributed by atoms with E-state index in [1.165, 1.54) is 25.5 Å². The highest BCUT2D eigenvalue weighted by Crippen LogP contribution is 2.16. The molecular weight excluding hydrogens is 308 g/mol. The Morgan fingerprint density at radius 2 is 2.09 bits per heavy atom. The van der Waals surface area contributed by atoms with Gasteiger partial charge in [0, 0.05) is 12.8 Å². The van der Waals surface area contributed by atoms with Gasteiger partial charge >= 0.3 is 0 Å². The Labute approximate surface area is 128 Å². The van der Waals surface area contributed by atoms with E-state index in [9.17, 15) is 13.2 Å². The van der Waals surface area contributed by atoms with Crippen LogP contribution in [0.25, 0.3) is 0 Å². The molecule has 1 heterocycles. The van der Waals surface area contributed by atoms with Crippen LogP contribution < -0.4 is 10.0 Å². The maximum Gasteiger partial charge on any atom is 0.250 e. The number of ether oxygens (including phenoxy) is 1. The molecule has 118 valence electrons. The van der Waals surface area contributed by atoms with Crippen LogP contribution in [0.4, 0.5) is 5.69 Å². The topological polar surface area (TPSA) is 97.6 Å². The first-order valence-corrected chi connectivity index (χ1v) is 7.90. The van der Waals surface area contributed by atoms with Crippen LogP contribution in [0.5, 0.6) is 0 Å². The molecule has 0 saturated carbocycles. The molecule has 0 unspecified atom stereocenters. The van der Waals surface area contributed by atoms with Crippen LogP contribution in [-0.4, -0.2) is 28.0 Å². The number of hydrogen-bond acceptors (Lipinski definition) is 5. The lowest BCUT2D eigenvalue weighted by Gasteiger charge is -2.08. The number of carbonyl (C=O) groups is 1. The Morgan fingerprint density at radius 1 is 1.27 bits per heavy atom. The van der Waals surface area contributed by atoms with Gasteiger partial charge in [-0.05, 0) is 30.3 Å². The molecule has 0 aliphatic carbocycles. The van der Waals surface area contributed by atoms with E-state index in [-0.39, 0.29) is 24.0 Å². The van der Waals surface area contributed by atoms with Crippen molar-refractivity contribution in [3.05, 3.63) is 48.4 Å². The summed E-state index contributed by atoms with van der Waals surface area (Å²) < 4.78 is 36.6. The smallest absolute Gasteiger partial charge is 0.250 e. The van der Waals surface area contributed by atoms with Gasteiger partial charge in [0.1, 0.15) is 12.4 Å². The molecular formula is C14H16N2O5S. The van der Waals surface area contributed by atoms with Crippen molar-refractivity contribution in [1.29, 1.82) is 0 Å². The van der Waals surface area contributed by atoms with Crippen molar-refractivity contribution in [3.8, 4) is 0 Å². The third kappa shape index (κ3) is 4.42. The lowest BCUT2D eigenvalue weighted by Crippen LogP contribution is -2.23. The highest BCUT2D eigenvalue weighted by molar-refractivity contribution is 7.89. The summed E-state index contributed by atoms with van der Waals surface area (Å²) in [5.74, 6) is 0.147. The van der Waals surface area contributed by atoms with Crippen LogP contribution in [0.15, 0.2) is 52.0 Å². The molecule has 0 fully saturated rings.